The summed E-state index contributed by atoms with van der Waals surface area (Å²) in [5.41, 5.74) is 1.15. The summed E-state index contributed by atoms with van der Waals surface area (Å²) in [5, 5.41) is 3.42. The van der Waals surface area contributed by atoms with E-state index < -0.39 is 0 Å². The van der Waals surface area contributed by atoms with E-state index in [1.807, 2.05) is 18.2 Å². The van der Waals surface area contributed by atoms with Crippen molar-refractivity contribution >= 4 is 0 Å². The fourth-order valence-corrected chi connectivity index (χ4v) is 1.68. The second kappa shape index (κ2) is 8.05. The number of benzene rings is 1. The Morgan fingerprint density at radius 2 is 1.89 bits per heavy atom. The van der Waals surface area contributed by atoms with E-state index in [0.29, 0.717) is 12.0 Å². The first-order valence-corrected chi connectivity index (χ1v) is 7.06. The Labute approximate surface area is 117 Å². The molecule has 0 aromatic heterocycles. The zero-order chi connectivity index (χ0) is 14.3. The first-order valence-electron chi connectivity index (χ1n) is 7.06. The minimum absolute atomic E-state index is 0.453. The molecule has 1 aromatic carbocycles. The molecule has 3 heteroatoms. The van der Waals surface area contributed by atoms with Crippen LogP contribution in [-0.2, 0) is 6.54 Å². The normalized spacial score (nSPS) is 11.1. The number of methoxy groups -OCH3 is 1. The second-order valence-electron chi connectivity index (χ2n) is 5.54. The van der Waals surface area contributed by atoms with Crippen molar-refractivity contribution in [3.8, 4) is 11.5 Å². The lowest BCUT2D eigenvalue weighted by atomic mass is 10.1. The van der Waals surface area contributed by atoms with Crippen molar-refractivity contribution in [1.82, 2.24) is 5.32 Å². The number of rotatable bonds is 8. The summed E-state index contributed by atoms with van der Waals surface area (Å²) in [4.78, 5) is 0. The van der Waals surface area contributed by atoms with Gasteiger partial charge in [0, 0.05) is 18.2 Å². The predicted octanol–water partition coefficient (Wildman–Crippen LogP) is 3.62. The van der Waals surface area contributed by atoms with E-state index in [0.717, 1.165) is 36.6 Å². The van der Waals surface area contributed by atoms with Crippen LogP contribution in [0.5, 0.6) is 11.5 Å². The van der Waals surface area contributed by atoms with Crippen LogP contribution in [0.4, 0.5) is 0 Å². The fourth-order valence-electron chi connectivity index (χ4n) is 1.68. The van der Waals surface area contributed by atoms with Gasteiger partial charge in [0.15, 0.2) is 0 Å². The molecule has 0 spiro atoms. The summed E-state index contributed by atoms with van der Waals surface area (Å²) in [6.45, 7) is 10.3. The van der Waals surface area contributed by atoms with Crippen molar-refractivity contribution < 1.29 is 9.47 Å². The van der Waals surface area contributed by atoms with Gasteiger partial charge < -0.3 is 14.8 Å². The zero-order valence-corrected chi connectivity index (χ0v) is 12.8. The Balaban J connectivity index is 2.70. The largest absolute Gasteiger partial charge is 0.497 e. The highest BCUT2D eigenvalue weighted by atomic mass is 16.5. The van der Waals surface area contributed by atoms with Crippen molar-refractivity contribution in [2.45, 2.75) is 46.7 Å². The van der Waals surface area contributed by atoms with Gasteiger partial charge in [-0.25, -0.2) is 0 Å². The lowest BCUT2D eigenvalue weighted by molar-refractivity contribution is 0.285. The number of hydrogen-bond donors (Lipinski definition) is 1. The van der Waals surface area contributed by atoms with Gasteiger partial charge in [-0.05, 0) is 30.5 Å². The molecule has 108 valence electrons. The molecule has 0 saturated heterocycles. The molecule has 0 atom stereocenters. The summed E-state index contributed by atoms with van der Waals surface area (Å²) in [6.07, 6.45) is 1.07. The molecule has 0 amide bonds. The Morgan fingerprint density at radius 1 is 1.16 bits per heavy atom. The topological polar surface area (TPSA) is 30.5 Å². The number of ether oxygens (including phenoxy) is 2. The van der Waals surface area contributed by atoms with Crippen LogP contribution in [0.3, 0.4) is 0 Å². The first-order chi connectivity index (χ1) is 9.02. The van der Waals surface area contributed by atoms with Gasteiger partial charge in [0.2, 0.25) is 0 Å². The standard InChI is InChI=1S/C16H27NO2/c1-12(2)8-9-19-16-7-6-15(18-5)10-14(16)11-17-13(3)4/h6-7,10,12-13,17H,8-9,11H2,1-5H3. The van der Waals surface area contributed by atoms with Crippen molar-refractivity contribution in [3.05, 3.63) is 23.8 Å². The van der Waals surface area contributed by atoms with E-state index in [9.17, 15) is 0 Å². The van der Waals surface area contributed by atoms with Crippen LogP contribution in [0.15, 0.2) is 18.2 Å². The summed E-state index contributed by atoms with van der Waals surface area (Å²) in [7, 11) is 1.69. The van der Waals surface area contributed by atoms with E-state index in [1.165, 1.54) is 0 Å². The van der Waals surface area contributed by atoms with E-state index in [2.05, 4.69) is 33.0 Å². The molecule has 1 N–H and O–H groups in total. The van der Waals surface area contributed by atoms with Gasteiger partial charge in [0.1, 0.15) is 11.5 Å². The van der Waals surface area contributed by atoms with Gasteiger partial charge in [0.25, 0.3) is 0 Å². The van der Waals surface area contributed by atoms with Gasteiger partial charge >= 0.3 is 0 Å². The third-order valence-electron chi connectivity index (χ3n) is 2.92. The molecular formula is C16H27NO2. The molecule has 3 nitrogen and oxygen atoms in total. The van der Waals surface area contributed by atoms with E-state index in [-0.39, 0.29) is 0 Å². The summed E-state index contributed by atoms with van der Waals surface area (Å²) >= 11 is 0. The van der Waals surface area contributed by atoms with Crippen molar-refractivity contribution in [1.29, 1.82) is 0 Å². The molecule has 0 bridgehead atoms. The smallest absolute Gasteiger partial charge is 0.124 e. The molecule has 1 aromatic rings. The predicted molar refractivity (Wildman–Crippen MR) is 79.9 cm³/mol. The lowest BCUT2D eigenvalue weighted by Crippen LogP contribution is -2.22. The second-order valence-corrected chi connectivity index (χ2v) is 5.54. The highest BCUT2D eigenvalue weighted by molar-refractivity contribution is 5.40. The molecule has 0 aliphatic rings. The maximum atomic E-state index is 5.88. The maximum Gasteiger partial charge on any atom is 0.124 e. The SMILES string of the molecule is COc1ccc(OCCC(C)C)c(CNC(C)C)c1. The number of nitrogens with one attached hydrogen (secondary N) is 1. The third kappa shape index (κ3) is 5.97. The first kappa shape index (κ1) is 15.8. The molecule has 0 unspecified atom stereocenters. The van der Waals surface area contributed by atoms with E-state index in [4.69, 9.17) is 9.47 Å². The van der Waals surface area contributed by atoms with Gasteiger partial charge in [0.05, 0.1) is 13.7 Å². The van der Waals surface area contributed by atoms with Crippen molar-refractivity contribution in [2.75, 3.05) is 13.7 Å². The fraction of sp³-hybridized carbons (Fsp3) is 0.625. The van der Waals surface area contributed by atoms with Gasteiger partial charge in [-0.2, -0.15) is 0 Å². The van der Waals surface area contributed by atoms with Gasteiger partial charge in [-0.1, -0.05) is 27.7 Å². The average molecular weight is 265 g/mol. The summed E-state index contributed by atoms with van der Waals surface area (Å²) in [5.74, 6) is 2.49. The molecule has 0 saturated carbocycles. The Morgan fingerprint density at radius 3 is 2.47 bits per heavy atom. The van der Waals surface area contributed by atoms with Crippen LogP contribution in [-0.4, -0.2) is 19.8 Å². The van der Waals surface area contributed by atoms with Crippen LogP contribution in [0.2, 0.25) is 0 Å². The molecule has 0 heterocycles. The Hall–Kier alpha value is -1.22. The number of hydrogen-bond acceptors (Lipinski definition) is 3. The quantitative estimate of drug-likeness (QED) is 0.778. The molecule has 1 rings (SSSR count). The van der Waals surface area contributed by atoms with Crippen molar-refractivity contribution in [2.24, 2.45) is 5.92 Å². The van der Waals surface area contributed by atoms with E-state index >= 15 is 0 Å². The minimum atomic E-state index is 0.453. The molecule has 19 heavy (non-hydrogen) atoms. The molecular weight excluding hydrogens is 238 g/mol. The van der Waals surface area contributed by atoms with Crippen LogP contribution in [0.25, 0.3) is 0 Å². The van der Waals surface area contributed by atoms with Crippen LogP contribution in [0, 0.1) is 5.92 Å². The van der Waals surface area contributed by atoms with Crippen LogP contribution < -0.4 is 14.8 Å². The third-order valence-corrected chi connectivity index (χ3v) is 2.92. The van der Waals surface area contributed by atoms with Crippen LogP contribution >= 0.6 is 0 Å². The highest BCUT2D eigenvalue weighted by Crippen LogP contribution is 2.24. The summed E-state index contributed by atoms with van der Waals surface area (Å²) < 4.78 is 11.2. The van der Waals surface area contributed by atoms with Gasteiger partial charge in [-0.15, -0.1) is 0 Å². The zero-order valence-electron chi connectivity index (χ0n) is 12.8. The Bertz CT molecular complexity index is 375. The Kier molecular flexibility index (Phi) is 6.71. The highest BCUT2D eigenvalue weighted by Gasteiger charge is 2.07. The monoisotopic (exact) mass is 265 g/mol. The molecule has 0 aliphatic carbocycles. The molecule has 0 radical (unpaired) electrons. The van der Waals surface area contributed by atoms with E-state index in [1.54, 1.807) is 7.11 Å². The minimum Gasteiger partial charge on any atom is -0.497 e. The summed E-state index contributed by atoms with van der Waals surface area (Å²) in [6, 6.07) is 6.44. The van der Waals surface area contributed by atoms with Crippen LogP contribution in [0.1, 0.15) is 39.7 Å². The molecule has 0 fully saturated rings. The van der Waals surface area contributed by atoms with Crippen molar-refractivity contribution in [3.63, 3.8) is 0 Å². The van der Waals surface area contributed by atoms with Gasteiger partial charge in [-0.3, -0.25) is 0 Å². The molecule has 0 aliphatic heterocycles. The maximum absolute atomic E-state index is 5.88. The lowest BCUT2D eigenvalue weighted by Gasteiger charge is -2.15. The average Bonchev–Trinajstić information content (AvgIpc) is 2.36.